The molecular weight excluding hydrogens is 328 g/mol. The highest BCUT2D eigenvalue weighted by Crippen LogP contribution is 2.62. The number of allylic oxidation sites excluding steroid dienone is 1. The Morgan fingerprint density at radius 1 is 1.36 bits per heavy atom. The van der Waals surface area contributed by atoms with Crippen molar-refractivity contribution in [3.05, 3.63) is 11.3 Å². The fraction of sp³-hybridized carbons (Fsp3) is 0.778. The largest absolute Gasteiger partial charge is 0.508 e. The topological polar surface area (TPSA) is 124 Å². The number of Topliss-reactive ketones (excluding diaryl/α,β-unsaturated/α-hetero) is 2. The second-order valence-electron chi connectivity index (χ2n) is 8.17. The van der Waals surface area contributed by atoms with Crippen molar-refractivity contribution in [3.8, 4) is 0 Å². The molecular formula is C18H26O7. The number of hydrogen-bond donors (Lipinski definition) is 4. The molecule has 6 atom stereocenters. The Hall–Kier alpha value is -1.28. The molecule has 3 aliphatic rings. The summed E-state index contributed by atoms with van der Waals surface area (Å²) in [6, 6.07) is 0. The van der Waals surface area contributed by atoms with Crippen LogP contribution in [0.2, 0.25) is 0 Å². The zero-order valence-electron chi connectivity index (χ0n) is 14.9. The quantitative estimate of drug-likeness (QED) is 0.547. The second kappa shape index (κ2) is 5.36. The van der Waals surface area contributed by atoms with Crippen LogP contribution in [-0.2, 0) is 14.3 Å². The van der Waals surface area contributed by atoms with Gasteiger partial charge in [-0.3, -0.25) is 9.59 Å². The SMILES string of the molecule is CCC(C)C(=O)C1=C(O)[C@@]2(O)[C@H](C[C@H]3C(C)(C)OC(O)C[C@]32O)C1=O. The van der Waals surface area contributed by atoms with Gasteiger partial charge < -0.3 is 25.2 Å². The molecule has 2 unspecified atom stereocenters. The van der Waals surface area contributed by atoms with Gasteiger partial charge in [0.25, 0.3) is 0 Å². The van der Waals surface area contributed by atoms with E-state index in [1.54, 1.807) is 27.7 Å². The van der Waals surface area contributed by atoms with E-state index in [1.807, 2.05) is 0 Å². The lowest BCUT2D eigenvalue weighted by Gasteiger charge is -2.51. The summed E-state index contributed by atoms with van der Waals surface area (Å²) in [5.74, 6) is -4.21. The van der Waals surface area contributed by atoms with Crippen molar-refractivity contribution >= 4 is 11.6 Å². The van der Waals surface area contributed by atoms with Crippen molar-refractivity contribution in [2.24, 2.45) is 17.8 Å². The van der Waals surface area contributed by atoms with Gasteiger partial charge in [0.1, 0.15) is 16.9 Å². The maximum atomic E-state index is 12.8. The van der Waals surface area contributed by atoms with Crippen LogP contribution in [0.25, 0.3) is 0 Å². The maximum Gasteiger partial charge on any atom is 0.176 e. The molecule has 1 saturated carbocycles. The van der Waals surface area contributed by atoms with Crippen LogP contribution in [0.15, 0.2) is 11.3 Å². The monoisotopic (exact) mass is 354 g/mol. The Morgan fingerprint density at radius 2 is 1.96 bits per heavy atom. The van der Waals surface area contributed by atoms with Crippen LogP contribution in [0.1, 0.15) is 47.0 Å². The average Bonchev–Trinajstić information content (AvgIpc) is 2.85. The molecule has 2 aliphatic carbocycles. The molecule has 0 aromatic heterocycles. The Morgan fingerprint density at radius 3 is 2.52 bits per heavy atom. The molecule has 2 fully saturated rings. The standard InChI is InChI=1S/C18H26O7/c1-5-8(2)13(20)12-14(21)9-6-10-16(3,4)25-11(19)7-17(10,23)18(9,24)15(12)22/h8-11,19,22-24H,5-7H2,1-4H3/t8?,9-,10+,11?,17+,18+/m1/s1. The maximum absolute atomic E-state index is 12.8. The van der Waals surface area contributed by atoms with Crippen molar-refractivity contribution in [2.75, 3.05) is 0 Å². The fourth-order valence-electron chi connectivity index (χ4n) is 4.88. The molecule has 1 heterocycles. The summed E-state index contributed by atoms with van der Waals surface area (Å²) in [6.45, 7) is 6.75. The number of aliphatic hydroxyl groups is 4. The molecule has 25 heavy (non-hydrogen) atoms. The van der Waals surface area contributed by atoms with Crippen molar-refractivity contribution in [1.82, 2.24) is 0 Å². The minimum absolute atomic E-state index is 0.0624. The molecule has 1 saturated heterocycles. The summed E-state index contributed by atoms with van der Waals surface area (Å²) < 4.78 is 5.47. The van der Waals surface area contributed by atoms with E-state index in [-0.39, 0.29) is 12.8 Å². The van der Waals surface area contributed by atoms with E-state index in [0.29, 0.717) is 6.42 Å². The van der Waals surface area contributed by atoms with Crippen molar-refractivity contribution in [2.45, 2.75) is 70.1 Å². The Bertz CT molecular complexity index is 666. The lowest BCUT2D eigenvalue weighted by atomic mass is 9.69. The van der Waals surface area contributed by atoms with Crippen LogP contribution >= 0.6 is 0 Å². The molecule has 140 valence electrons. The van der Waals surface area contributed by atoms with E-state index in [2.05, 4.69) is 0 Å². The van der Waals surface area contributed by atoms with E-state index < -0.39 is 63.7 Å². The van der Waals surface area contributed by atoms with E-state index >= 15 is 0 Å². The summed E-state index contributed by atoms with van der Waals surface area (Å²) >= 11 is 0. The number of ether oxygens (including phenoxy) is 1. The van der Waals surface area contributed by atoms with Gasteiger partial charge in [-0.15, -0.1) is 0 Å². The lowest BCUT2D eigenvalue weighted by Crippen LogP contribution is -2.65. The van der Waals surface area contributed by atoms with Gasteiger partial charge in [-0.05, 0) is 26.7 Å². The highest BCUT2D eigenvalue weighted by molar-refractivity contribution is 6.24. The molecule has 0 aromatic carbocycles. The fourth-order valence-corrected chi connectivity index (χ4v) is 4.88. The van der Waals surface area contributed by atoms with Crippen LogP contribution in [0.4, 0.5) is 0 Å². The first-order valence-electron chi connectivity index (χ1n) is 8.74. The number of aliphatic hydroxyl groups excluding tert-OH is 2. The summed E-state index contributed by atoms with van der Waals surface area (Å²) in [5, 5.41) is 43.2. The third-order valence-electron chi connectivity index (χ3n) is 6.44. The summed E-state index contributed by atoms with van der Waals surface area (Å²) in [5.41, 5.74) is -5.66. The minimum atomic E-state index is -2.28. The zero-order valence-corrected chi connectivity index (χ0v) is 14.9. The predicted octanol–water partition coefficient (Wildman–Crippen LogP) is 0.612. The average molecular weight is 354 g/mol. The number of hydrogen-bond acceptors (Lipinski definition) is 7. The number of rotatable bonds is 3. The minimum Gasteiger partial charge on any atom is -0.508 e. The second-order valence-corrected chi connectivity index (χ2v) is 8.17. The van der Waals surface area contributed by atoms with Gasteiger partial charge in [0, 0.05) is 18.3 Å². The highest BCUT2D eigenvalue weighted by atomic mass is 16.6. The molecule has 0 radical (unpaired) electrons. The van der Waals surface area contributed by atoms with Crippen LogP contribution in [0.3, 0.4) is 0 Å². The van der Waals surface area contributed by atoms with Gasteiger partial charge in [0.2, 0.25) is 0 Å². The first-order valence-corrected chi connectivity index (χ1v) is 8.74. The molecule has 0 bridgehead atoms. The van der Waals surface area contributed by atoms with Crippen molar-refractivity contribution in [3.63, 3.8) is 0 Å². The Kier molecular flexibility index (Phi) is 3.97. The van der Waals surface area contributed by atoms with E-state index in [0.717, 1.165) is 0 Å². The zero-order chi connectivity index (χ0) is 18.9. The third kappa shape index (κ3) is 2.13. The molecule has 4 N–H and O–H groups in total. The summed E-state index contributed by atoms with van der Waals surface area (Å²) in [4.78, 5) is 25.4. The number of carbonyl (C=O) groups is 2. The van der Waals surface area contributed by atoms with Gasteiger partial charge in [0.15, 0.2) is 23.5 Å². The van der Waals surface area contributed by atoms with Gasteiger partial charge in [0.05, 0.1) is 11.5 Å². The highest BCUT2D eigenvalue weighted by Gasteiger charge is 2.76. The smallest absolute Gasteiger partial charge is 0.176 e. The van der Waals surface area contributed by atoms with Gasteiger partial charge in [-0.1, -0.05) is 13.8 Å². The van der Waals surface area contributed by atoms with Crippen LogP contribution in [0.5, 0.6) is 0 Å². The van der Waals surface area contributed by atoms with Crippen molar-refractivity contribution < 1.29 is 34.8 Å². The number of carbonyl (C=O) groups excluding carboxylic acids is 2. The predicted molar refractivity (Wildman–Crippen MR) is 86.4 cm³/mol. The first-order chi connectivity index (χ1) is 11.4. The molecule has 0 spiro atoms. The van der Waals surface area contributed by atoms with Gasteiger partial charge >= 0.3 is 0 Å². The van der Waals surface area contributed by atoms with Crippen LogP contribution < -0.4 is 0 Å². The van der Waals surface area contributed by atoms with Gasteiger partial charge in [-0.25, -0.2) is 0 Å². The number of fused-ring (bicyclic) bond motifs is 3. The molecule has 1 aliphatic heterocycles. The molecule has 0 aromatic rings. The number of ketones is 2. The van der Waals surface area contributed by atoms with Gasteiger partial charge in [-0.2, -0.15) is 0 Å². The molecule has 7 heteroatoms. The first kappa shape index (κ1) is 18.5. The van der Waals surface area contributed by atoms with Crippen molar-refractivity contribution in [1.29, 1.82) is 0 Å². The van der Waals surface area contributed by atoms with Crippen LogP contribution in [0, 0.1) is 17.8 Å². The van der Waals surface area contributed by atoms with E-state index in [4.69, 9.17) is 4.74 Å². The molecule has 3 rings (SSSR count). The summed E-state index contributed by atoms with van der Waals surface area (Å²) in [6.07, 6.45) is -1.15. The normalized spacial score (nSPS) is 43.8. The Balaban J connectivity index is 2.14. The van der Waals surface area contributed by atoms with E-state index in [9.17, 15) is 30.0 Å². The van der Waals surface area contributed by atoms with E-state index in [1.165, 1.54) is 0 Å². The summed E-state index contributed by atoms with van der Waals surface area (Å²) in [7, 11) is 0. The molecule has 0 amide bonds. The molecule has 7 nitrogen and oxygen atoms in total. The Labute approximate surface area is 146 Å². The lowest BCUT2D eigenvalue weighted by molar-refractivity contribution is -0.299. The third-order valence-corrected chi connectivity index (χ3v) is 6.44. The van der Waals surface area contributed by atoms with Crippen LogP contribution in [-0.4, -0.2) is 55.1 Å².